The molecule has 0 fully saturated rings. The highest BCUT2D eigenvalue weighted by Crippen LogP contribution is 2.37. The van der Waals surface area contributed by atoms with E-state index < -0.39 is 12.0 Å². The van der Waals surface area contributed by atoms with Crippen LogP contribution in [0.25, 0.3) is 0 Å². The highest BCUT2D eigenvalue weighted by atomic mass is 79.9. The van der Waals surface area contributed by atoms with Crippen molar-refractivity contribution in [1.29, 1.82) is 0 Å². The molecule has 25 heavy (non-hydrogen) atoms. The first kappa shape index (κ1) is 15.8. The smallest absolute Gasteiger partial charge is 0.262 e. The first-order valence-electron chi connectivity index (χ1n) is 7.84. The van der Waals surface area contributed by atoms with Gasteiger partial charge in [-0.3, -0.25) is 9.69 Å². The number of nitrogens with one attached hydrogen (secondary N) is 1. The fraction of sp³-hybridized carbons (Fsp3) is 0.0500. The second kappa shape index (κ2) is 6.33. The van der Waals surface area contributed by atoms with E-state index in [1.54, 1.807) is 30.3 Å². The summed E-state index contributed by atoms with van der Waals surface area (Å²) in [5, 5.41) is 3.36. The van der Waals surface area contributed by atoms with Gasteiger partial charge in [0.25, 0.3) is 5.91 Å². The number of carbonyl (C=O) groups is 1. The van der Waals surface area contributed by atoms with Crippen LogP contribution in [0.15, 0.2) is 77.3 Å². The van der Waals surface area contributed by atoms with Gasteiger partial charge in [-0.25, -0.2) is 4.39 Å². The molecule has 1 N–H and O–H groups in total. The number of benzene rings is 3. The van der Waals surface area contributed by atoms with E-state index in [0.29, 0.717) is 5.56 Å². The van der Waals surface area contributed by atoms with Crippen molar-refractivity contribution in [2.24, 2.45) is 0 Å². The molecule has 0 saturated heterocycles. The van der Waals surface area contributed by atoms with Crippen LogP contribution in [-0.4, -0.2) is 5.91 Å². The molecule has 1 aliphatic rings. The van der Waals surface area contributed by atoms with Crippen LogP contribution >= 0.6 is 15.9 Å². The molecular weight excluding hydrogens is 383 g/mol. The third kappa shape index (κ3) is 2.81. The van der Waals surface area contributed by atoms with E-state index in [2.05, 4.69) is 21.2 Å². The van der Waals surface area contributed by atoms with Gasteiger partial charge in [0.2, 0.25) is 0 Å². The zero-order valence-electron chi connectivity index (χ0n) is 13.1. The number of hydrogen-bond donors (Lipinski definition) is 1. The number of halogens is 2. The molecule has 1 atom stereocenters. The van der Waals surface area contributed by atoms with Crippen molar-refractivity contribution in [3.05, 3.63) is 94.2 Å². The average Bonchev–Trinajstić information content (AvgIpc) is 2.63. The minimum Gasteiger partial charge on any atom is -0.360 e. The molecule has 0 saturated carbocycles. The van der Waals surface area contributed by atoms with Gasteiger partial charge in [-0.2, -0.15) is 0 Å². The van der Waals surface area contributed by atoms with Gasteiger partial charge in [0.05, 0.1) is 11.3 Å². The minimum atomic E-state index is -0.493. The Labute approximate surface area is 153 Å². The molecule has 124 valence electrons. The summed E-state index contributed by atoms with van der Waals surface area (Å²) in [4.78, 5) is 14.6. The van der Waals surface area contributed by atoms with Crippen molar-refractivity contribution in [1.82, 2.24) is 0 Å². The van der Waals surface area contributed by atoms with Gasteiger partial charge < -0.3 is 5.32 Å². The Kier molecular flexibility index (Phi) is 4.01. The van der Waals surface area contributed by atoms with Crippen LogP contribution in [0.5, 0.6) is 0 Å². The van der Waals surface area contributed by atoms with Crippen LogP contribution in [-0.2, 0) is 0 Å². The van der Waals surface area contributed by atoms with Gasteiger partial charge in [0.1, 0.15) is 12.0 Å². The molecule has 3 aromatic carbocycles. The van der Waals surface area contributed by atoms with Crippen LogP contribution in [0, 0.1) is 5.82 Å². The molecule has 0 spiro atoms. The molecule has 1 amide bonds. The largest absolute Gasteiger partial charge is 0.360 e. The Bertz CT molecular complexity index is 942. The average molecular weight is 397 g/mol. The van der Waals surface area contributed by atoms with E-state index in [0.717, 1.165) is 15.7 Å². The number of nitrogens with zero attached hydrogens (tertiary/aromatic N) is 1. The van der Waals surface area contributed by atoms with E-state index in [4.69, 9.17) is 0 Å². The first-order chi connectivity index (χ1) is 12.1. The predicted octanol–water partition coefficient (Wildman–Crippen LogP) is 5.36. The summed E-state index contributed by atoms with van der Waals surface area (Å²) < 4.78 is 15.4. The summed E-state index contributed by atoms with van der Waals surface area (Å²) >= 11 is 3.42. The Morgan fingerprint density at radius 2 is 1.60 bits per heavy atom. The van der Waals surface area contributed by atoms with Crippen LogP contribution in [0.4, 0.5) is 15.8 Å². The second-order valence-corrected chi connectivity index (χ2v) is 6.69. The first-order valence-corrected chi connectivity index (χ1v) is 8.63. The molecule has 3 nitrogen and oxygen atoms in total. The number of para-hydroxylation sites is 2. The maximum atomic E-state index is 14.4. The summed E-state index contributed by atoms with van der Waals surface area (Å²) in [5.74, 6) is -0.661. The molecule has 3 aromatic rings. The van der Waals surface area contributed by atoms with E-state index >= 15 is 0 Å². The normalized spacial score (nSPS) is 16.3. The quantitative estimate of drug-likeness (QED) is 0.632. The molecule has 4 rings (SSSR count). The van der Waals surface area contributed by atoms with Gasteiger partial charge in [0.15, 0.2) is 0 Å². The molecule has 0 aliphatic carbocycles. The van der Waals surface area contributed by atoms with Gasteiger partial charge in [-0.05, 0) is 42.0 Å². The van der Waals surface area contributed by atoms with Crippen molar-refractivity contribution in [3.63, 3.8) is 0 Å². The number of rotatable bonds is 2. The monoisotopic (exact) mass is 396 g/mol. The Balaban J connectivity index is 1.89. The maximum Gasteiger partial charge on any atom is 0.262 e. The molecule has 5 heteroatoms. The lowest BCUT2D eigenvalue weighted by molar-refractivity contribution is 0.0974. The summed E-state index contributed by atoms with van der Waals surface area (Å²) in [5.41, 5.74) is 2.39. The number of hydrogen-bond acceptors (Lipinski definition) is 2. The van der Waals surface area contributed by atoms with Crippen molar-refractivity contribution in [3.8, 4) is 0 Å². The van der Waals surface area contributed by atoms with E-state index in [1.807, 2.05) is 36.4 Å². The Morgan fingerprint density at radius 1 is 0.920 bits per heavy atom. The lowest BCUT2D eigenvalue weighted by Gasteiger charge is -2.38. The fourth-order valence-electron chi connectivity index (χ4n) is 3.03. The van der Waals surface area contributed by atoms with Crippen molar-refractivity contribution < 1.29 is 9.18 Å². The maximum absolute atomic E-state index is 14.4. The topological polar surface area (TPSA) is 32.3 Å². The second-order valence-electron chi connectivity index (χ2n) is 5.77. The number of anilines is 2. The lowest BCUT2D eigenvalue weighted by atomic mass is 10.0. The summed E-state index contributed by atoms with van der Waals surface area (Å²) in [6.07, 6.45) is -0.493. The van der Waals surface area contributed by atoms with Crippen molar-refractivity contribution in [2.45, 2.75) is 6.17 Å². The molecule has 0 aromatic heterocycles. The van der Waals surface area contributed by atoms with Gasteiger partial charge in [-0.1, -0.05) is 52.3 Å². The number of fused-ring (bicyclic) bond motifs is 1. The van der Waals surface area contributed by atoms with Crippen LogP contribution in [0.3, 0.4) is 0 Å². The van der Waals surface area contributed by atoms with Gasteiger partial charge in [-0.15, -0.1) is 0 Å². The molecule has 0 bridgehead atoms. The van der Waals surface area contributed by atoms with Gasteiger partial charge in [0, 0.05) is 10.2 Å². The Morgan fingerprint density at radius 3 is 2.36 bits per heavy atom. The summed E-state index contributed by atoms with van der Waals surface area (Å²) in [6, 6.07) is 21.2. The molecular formula is C20H14BrFN2O. The molecule has 0 unspecified atom stereocenters. The highest BCUT2D eigenvalue weighted by Gasteiger charge is 2.35. The molecule has 1 heterocycles. The predicted molar refractivity (Wildman–Crippen MR) is 100 cm³/mol. The SMILES string of the molecule is O=C1c2ccccc2N[C@H](c2ccc(Br)cc2)N1c1ccccc1F. The minimum absolute atomic E-state index is 0.229. The lowest BCUT2D eigenvalue weighted by Crippen LogP contribution is -2.43. The Hall–Kier alpha value is -2.66. The third-order valence-electron chi connectivity index (χ3n) is 4.22. The van der Waals surface area contributed by atoms with Crippen LogP contribution in [0.2, 0.25) is 0 Å². The zero-order valence-corrected chi connectivity index (χ0v) is 14.7. The number of carbonyl (C=O) groups excluding carboxylic acids is 1. The fourth-order valence-corrected chi connectivity index (χ4v) is 3.29. The highest BCUT2D eigenvalue weighted by molar-refractivity contribution is 9.10. The van der Waals surface area contributed by atoms with E-state index in [-0.39, 0.29) is 11.6 Å². The number of amides is 1. The zero-order chi connectivity index (χ0) is 17.4. The summed E-state index contributed by atoms with van der Waals surface area (Å²) in [7, 11) is 0. The standard InChI is InChI=1S/C20H14BrFN2O/c21-14-11-9-13(10-12-14)19-23-17-7-3-1-5-15(17)20(25)24(19)18-8-4-2-6-16(18)22/h1-12,19,23H/t19-/m0/s1. The van der Waals surface area contributed by atoms with E-state index in [1.165, 1.54) is 11.0 Å². The molecule has 1 aliphatic heterocycles. The summed E-state index contributed by atoms with van der Waals surface area (Å²) in [6.45, 7) is 0. The third-order valence-corrected chi connectivity index (χ3v) is 4.75. The van der Waals surface area contributed by atoms with Gasteiger partial charge >= 0.3 is 0 Å². The van der Waals surface area contributed by atoms with Crippen LogP contribution in [0.1, 0.15) is 22.1 Å². The van der Waals surface area contributed by atoms with Crippen molar-refractivity contribution >= 4 is 33.2 Å². The van der Waals surface area contributed by atoms with E-state index in [9.17, 15) is 9.18 Å². The van der Waals surface area contributed by atoms with Crippen molar-refractivity contribution in [2.75, 3.05) is 10.2 Å². The molecule has 0 radical (unpaired) electrons. The van der Waals surface area contributed by atoms with Crippen LogP contribution < -0.4 is 10.2 Å².